The van der Waals surface area contributed by atoms with Gasteiger partial charge in [-0.25, -0.2) is 9.59 Å². The molecule has 11 nitrogen and oxygen atoms in total. The zero-order valence-electron chi connectivity index (χ0n) is 22.3. The third kappa shape index (κ3) is 5.31. The van der Waals surface area contributed by atoms with E-state index in [1.165, 1.54) is 6.92 Å². The summed E-state index contributed by atoms with van der Waals surface area (Å²) in [5.41, 5.74) is 7.11. The summed E-state index contributed by atoms with van der Waals surface area (Å²) < 4.78 is 17.6. The van der Waals surface area contributed by atoms with Crippen molar-refractivity contribution in [3.8, 4) is 11.5 Å². The van der Waals surface area contributed by atoms with Crippen LogP contribution in [-0.4, -0.2) is 60.2 Å². The lowest BCUT2D eigenvalue weighted by atomic mass is 9.77. The van der Waals surface area contributed by atoms with Gasteiger partial charge < -0.3 is 35.3 Å². The molecule has 1 saturated heterocycles. The minimum absolute atomic E-state index is 0.184. The molecule has 0 aliphatic carbocycles. The number of hydrogen-bond donors (Lipinski definition) is 3. The number of carbonyl (C=O) groups is 4. The third-order valence-electron chi connectivity index (χ3n) is 7.14. The van der Waals surface area contributed by atoms with Gasteiger partial charge in [-0.05, 0) is 24.3 Å². The minimum atomic E-state index is -1.09. The maximum atomic E-state index is 12.8. The van der Waals surface area contributed by atoms with Crippen LogP contribution in [0.25, 0.3) is 0 Å². The summed E-state index contributed by atoms with van der Waals surface area (Å²) in [5.74, 6) is -1.36. The van der Waals surface area contributed by atoms with Crippen LogP contribution in [0, 0.1) is 5.92 Å². The van der Waals surface area contributed by atoms with E-state index in [4.69, 9.17) is 25.1 Å². The van der Waals surface area contributed by atoms with Crippen molar-refractivity contribution in [3.63, 3.8) is 0 Å². The van der Waals surface area contributed by atoms with Gasteiger partial charge in [0.25, 0.3) is 0 Å². The fourth-order valence-corrected chi connectivity index (χ4v) is 5.03. The molecule has 1 spiro atoms. The van der Waals surface area contributed by atoms with Gasteiger partial charge in [0.15, 0.2) is 5.60 Å². The lowest BCUT2D eigenvalue weighted by Crippen LogP contribution is -2.43. The third-order valence-corrected chi connectivity index (χ3v) is 7.14. The van der Waals surface area contributed by atoms with E-state index in [0.29, 0.717) is 49.1 Å². The Kier molecular flexibility index (Phi) is 7.62. The standard InChI is InChI=1S/C25H20N2O5.C5H9NO3/c28-23-17-5-1-2-6-18(17)25(32-23)19-7-3-4-8-21(19)31-22-15-16(9-10-20(22)25)26-24(29)27-11-13-30-14-12-27;1-3(5(6)9)2-4(7)8/h1-10,15H,11-14H2,(H,26,29);3H,2H2,1H3,(H2,6,9)(H,7,8). The highest BCUT2D eigenvalue weighted by Gasteiger charge is 2.53. The number of anilines is 1. The molecule has 2 unspecified atom stereocenters. The van der Waals surface area contributed by atoms with Crippen LogP contribution in [0.1, 0.15) is 40.4 Å². The number of hydrogen-bond acceptors (Lipinski definition) is 7. The van der Waals surface area contributed by atoms with Gasteiger partial charge in [-0.3, -0.25) is 9.59 Å². The summed E-state index contributed by atoms with van der Waals surface area (Å²) in [5, 5.41) is 11.1. The molecule has 0 aromatic heterocycles. The van der Waals surface area contributed by atoms with Crippen molar-refractivity contribution in [2.45, 2.75) is 18.9 Å². The number of fused-ring (bicyclic) bond motifs is 6. The van der Waals surface area contributed by atoms with E-state index in [2.05, 4.69) is 5.32 Å². The fourth-order valence-electron chi connectivity index (χ4n) is 5.03. The Morgan fingerprint density at radius 2 is 1.63 bits per heavy atom. The molecule has 3 aromatic rings. The summed E-state index contributed by atoms with van der Waals surface area (Å²) in [6.07, 6.45) is -0.185. The maximum Gasteiger partial charge on any atom is 0.340 e. The van der Waals surface area contributed by atoms with Crippen LogP contribution in [0.15, 0.2) is 66.7 Å². The van der Waals surface area contributed by atoms with Crippen molar-refractivity contribution in [1.82, 2.24) is 4.90 Å². The van der Waals surface area contributed by atoms with Crippen LogP contribution in [0.2, 0.25) is 0 Å². The number of rotatable bonds is 4. The molecular formula is C30H29N3O8. The predicted molar refractivity (Wildman–Crippen MR) is 147 cm³/mol. The first kappa shape index (κ1) is 27.7. The summed E-state index contributed by atoms with van der Waals surface area (Å²) >= 11 is 0. The predicted octanol–water partition coefficient (Wildman–Crippen LogP) is 3.70. The number of para-hydroxylation sites is 1. The Balaban J connectivity index is 0.000000327. The molecule has 3 aromatic carbocycles. The Bertz CT molecular complexity index is 1520. The molecule has 4 N–H and O–H groups in total. The second kappa shape index (κ2) is 11.3. The quantitative estimate of drug-likeness (QED) is 0.408. The van der Waals surface area contributed by atoms with Crippen molar-refractivity contribution < 1.29 is 38.5 Å². The Morgan fingerprint density at radius 1 is 0.976 bits per heavy atom. The first-order chi connectivity index (χ1) is 19.7. The van der Waals surface area contributed by atoms with E-state index in [1.807, 2.05) is 54.6 Å². The van der Waals surface area contributed by atoms with Crippen LogP contribution < -0.4 is 15.8 Å². The number of benzene rings is 3. The second-order valence-electron chi connectivity index (χ2n) is 9.86. The van der Waals surface area contributed by atoms with Crippen LogP contribution in [0.5, 0.6) is 11.5 Å². The molecule has 3 heterocycles. The van der Waals surface area contributed by atoms with Gasteiger partial charge in [-0.2, -0.15) is 0 Å². The average molecular weight is 560 g/mol. The van der Waals surface area contributed by atoms with E-state index in [-0.39, 0.29) is 18.4 Å². The van der Waals surface area contributed by atoms with Gasteiger partial charge in [0.05, 0.1) is 25.2 Å². The number of nitrogens with two attached hydrogens (primary N) is 1. The Morgan fingerprint density at radius 3 is 2.32 bits per heavy atom. The number of morpholine rings is 1. The number of nitrogens with zero attached hydrogens (tertiary/aromatic N) is 1. The zero-order chi connectivity index (χ0) is 29.1. The molecule has 41 heavy (non-hydrogen) atoms. The van der Waals surface area contributed by atoms with Crippen LogP contribution in [0.4, 0.5) is 10.5 Å². The number of urea groups is 1. The van der Waals surface area contributed by atoms with Crippen molar-refractivity contribution in [1.29, 1.82) is 0 Å². The minimum Gasteiger partial charge on any atom is -0.481 e. The highest BCUT2D eigenvalue weighted by molar-refractivity contribution is 5.97. The molecule has 2 atom stereocenters. The monoisotopic (exact) mass is 559 g/mol. The molecule has 212 valence electrons. The van der Waals surface area contributed by atoms with Crippen molar-refractivity contribution >= 4 is 29.6 Å². The molecule has 6 rings (SSSR count). The summed E-state index contributed by atoms with van der Waals surface area (Å²) in [4.78, 5) is 47.3. The smallest absolute Gasteiger partial charge is 0.340 e. The molecule has 11 heteroatoms. The van der Waals surface area contributed by atoms with Gasteiger partial charge in [0, 0.05) is 47.5 Å². The molecule has 0 bridgehead atoms. The molecule has 3 aliphatic heterocycles. The summed E-state index contributed by atoms with van der Waals surface area (Å²) in [7, 11) is 0. The van der Waals surface area contributed by atoms with Crippen LogP contribution >= 0.6 is 0 Å². The van der Waals surface area contributed by atoms with E-state index < -0.39 is 23.4 Å². The van der Waals surface area contributed by atoms with E-state index in [0.717, 1.165) is 16.7 Å². The number of carboxylic acid groups (broad SMARTS) is 1. The van der Waals surface area contributed by atoms with Crippen LogP contribution in [-0.2, 0) is 24.7 Å². The number of amides is 3. The maximum absolute atomic E-state index is 12.8. The van der Waals surface area contributed by atoms with Crippen molar-refractivity contribution in [2.75, 3.05) is 31.6 Å². The van der Waals surface area contributed by atoms with Gasteiger partial charge >= 0.3 is 18.0 Å². The number of carboxylic acids is 1. The molecule has 3 amide bonds. The molecule has 3 aliphatic rings. The fraction of sp³-hybridized carbons (Fsp3) is 0.267. The van der Waals surface area contributed by atoms with Gasteiger partial charge in [0.1, 0.15) is 11.5 Å². The SMILES string of the molecule is CC(CC(=O)O)C(N)=O.O=C1OC2(c3ccccc3Oc3cc(NC(=O)N4CCOCC4)ccc32)c2ccccc21. The second-order valence-corrected chi connectivity index (χ2v) is 9.86. The number of ether oxygens (including phenoxy) is 3. The van der Waals surface area contributed by atoms with Gasteiger partial charge in [0.2, 0.25) is 5.91 Å². The molecule has 1 fully saturated rings. The van der Waals surface area contributed by atoms with Crippen LogP contribution in [0.3, 0.4) is 0 Å². The summed E-state index contributed by atoms with van der Waals surface area (Å²) in [6.45, 7) is 3.65. The number of aliphatic carboxylic acids is 1. The lowest BCUT2D eigenvalue weighted by molar-refractivity contribution is -0.140. The largest absolute Gasteiger partial charge is 0.481 e. The van der Waals surface area contributed by atoms with Crippen molar-refractivity contribution in [3.05, 3.63) is 89.0 Å². The topological polar surface area (TPSA) is 157 Å². The lowest BCUT2D eigenvalue weighted by Gasteiger charge is -2.36. The number of carbonyl (C=O) groups excluding carboxylic acids is 3. The van der Waals surface area contributed by atoms with E-state index >= 15 is 0 Å². The van der Waals surface area contributed by atoms with Crippen molar-refractivity contribution in [2.24, 2.45) is 11.7 Å². The number of primary amides is 1. The highest BCUT2D eigenvalue weighted by Crippen LogP contribution is 2.56. The number of nitrogens with one attached hydrogen (secondary N) is 1. The molecular weight excluding hydrogens is 530 g/mol. The first-order valence-corrected chi connectivity index (χ1v) is 13.1. The van der Waals surface area contributed by atoms with Gasteiger partial charge in [-0.1, -0.05) is 43.3 Å². The highest BCUT2D eigenvalue weighted by atomic mass is 16.6. The zero-order valence-corrected chi connectivity index (χ0v) is 22.3. The first-order valence-electron chi connectivity index (χ1n) is 13.1. The average Bonchev–Trinajstić information content (AvgIpc) is 3.26. The van der Waals surface area contributed by atoms with Gasteiger partial charge in [-0.15, -0.1) is 0 Å². The normalized spacial score (nSPS) is 18.9. The van der Waals surface area contributed by atoms with E-state index in [1.54, 1.807) is 17.0 Å². The van der Waals surface area contributed by atoms with E-state index in [9.17, 15) is 19.2 Å². The Labute approximate surface area is 235 Å². The molecule has 0 radical (unpaired) electrons. The summed E-state index contributed by atoms with van der Waals surface area (Å²) in [6, 6.07) is 20.2. The Hall–Kier alpha value is -4.90. The molecule has 0 saturated carbocycles. The number of esters is 1.